The minimum absolute atomic E-state index is 0.753. The maximum absolute atomic E-state index is 5.39. The molecule has 0 saturated carbocycles. The highest BCUT2D eigenvalue weighted by Gasteiger charge is 2.13. The van der Waals surface area contributed by atoms with Gasteiger partial charge in [-0.1, -0.05) is 0 Å². The largest absolute Gasteiger partial charge is 0.488 e. The molecule has 0 aliphatic carbocycles. The van der Waals surface area contributed by atoms with Crippen molar-refractivity contribution < 1.29 is 4.74 Å². The quantitative estimate of drug-likeness (QED) is 0.557. The van der Waals surface area contributed by atoms with Gasteiger partial charge in [0, 0.05) is 12.4 Å². The van der Waals surface area contributed by atoms with Crippen LogP contribution in [0.5, 0.6) is 0 Å². The van der Waals surface area contributed by atoms with E-state index < -0.39 is 0 Å². The first kappa shape index (κ1) is 6.46. The van der Waals surface area contributed by atoms with Crippen LogP contribution in [0, 0.1) is 0 Å². The predicted molar refractivity (Wildman–Crippen MR) is 41.8 cm³/mol. The summed E-state index contributed by atoms with van der Waals surface area (Å²) in [6, 6.07) is 0. The lowest BCUT2D eigenvalue weighted by Crippen LogP contribution is -2.15. The molecule has 1 aromatic heterocycles. The summed E-state index contributed by atoms with van der Waals surface area (Å²) in [4.78, 5) is 4.18. The van der Waals surface area contributed by atoms with E-state index in [2.05, 4.69) is 9.55 Å². The molecule has 0 unspecified atom stereocenters. The van der Waals surface area contributed by atoms with E-state index >= 15 is 0 Å². The van der Waals surface area contributed by atoms with Crippen LogP contribution in [0.1, 0.15) is 12.7 Å². The molecule has 11 heavy (non-hydrogen) atoms. The van der Waals surface area contributed by atoms with Gasteiger partial charge in [0.25, 0.3) is 0 Å². The number of fused-ring (bicyclic) bond motifs is 1. The second-order valence-corrected chi connectivity index (χ2v) is 2.45. The summed E-state index contributed by atoms with van der Waals surface area (Å²) < 4.78 is 7.49. The van der Waals surface area contributed by atoms with Gasteiger partial charge >= 0.3 is 0 Å². The lowest BCUT2D eigenvalue weighted by atomic mass is 10.4. The second kappa shape index (κ2) is 2.42. The van der Waals surface area contributed by atoms with Gasteiger partial charge in [-0.05, 0) is 13.0 Å². The number of hydrogen-bond acceptors (Lipinski definition) is 2. The van der Waals surface area contributed by atoms with E-state index in [9.17, 15) is 0 Å². The third-order valence-electron chi connectivity index (χ3n) is 1.79. The molecular weight excluding hydrogens is 140 g/mol. The van der Waals surface area contributed by atoms with Crippen molar-refractivity contribution in [2.24, 2.45) is 0 Å². The lowest BCUT2D eigenvalue weighted by Gasteiger charge is -2.17. The Balaban J connectivity index is 2.48. The number of rotatable bonds is 0. The summed E-state index contributed by atoms with van der Waals surface area (Å²) in [5.74, 6) is 1.83. The summed E-state index contributed by atoms with van der Waals surface area (Å²) in [5.41, 5.74) is 0. The summed E-state index contributed by atoms with van der Waals surface area (Å²) in [7, 11) is 0. The average molecular weight is 150 g/mol. The van der Waals surface area contributed by atoms with Crippen molar-refractivity contribution in [3.8, 4) is 0 Å². The van der Waals surface area contributed by atoms with Crippen LogP contribution in [0.15, 0.2) is 18.5 Å². The van der Waals surface area contributed by atoms with Crippen molar-refractivity contribution in [3.05, 3.63) is 24.3 Å². The normalized spacial score (nSPS) is 19.5. The number of imidazole rings is 1. The predicted octanol–water partition coefficient (Wildman–Crippen LogP) is 1.27. The molecule has 0 bridgehead atoms. The highest BCUT2D eigenvalue weighted by molar-refractivity contribution is 5.53. The number of hydrogen-bond donors (Lipinski definition) is 0. The van der Waals surface area contributed by atoms with E-state index in [0.29, 0.717) is 0 Å². The van der Waals surface area contributed by atoms with Crippen LogP contribution in [-0.2, 0) is 11.3 Å². The molecule has 1 aliphatic heterocycles. The fourth-order valence-electron chi connectivity index (χ4n) is 1.25. The number of aromatic nitrogens is 2. The Hall–Kier alpha value is -1.25. The maximum Gasteiger partial charge on any atom is 0.175 e. The first-order valence-corrected chi connectivity index (χ1v) is 3.72. The number of allylic oxidation sites excluding steroid dienone is 1. The molecule has 1 aliphatic rings. The van der Waals surface area contributed by atoms with Crippen molar-refractivity contribution in [1.29, 1.82) is 0 Å². The molecule has 0 saturated heterocycles. The van der Waals surface area contributed by atoms with Crippen molar-refractivity contribution in [2.45, 2.75) is 13.5 Å². The Bertz CT molecular complexity index is 288. The fraction of sp³-hybridized carbons (Fsp3) is 0.375. The van der Waals surface area contributed by atoms with Gasteiger partial charge in [-0.25, -0.2) is 4.98 Å². The summed E-state index contributed by atoms with van der Waals surface area (Å²) in [6.45, 7) is 3.62. The molecular formula is C8H10N2O. The van der Waals surface area contributed by atoms with Crippen molar-refractivity contribution in [3.63, 3.8) is 0 Å². The maximum atomic E-state index is 5.39. The molecule has 0 fully saturated rings. The van der Waals surface area contributed by atoms with Gasteiger partial charge in [-0.3, -0.25) is 0 Å². The Labute approximate surface area is 65.3 Å². The Morgan fingerprint density at radius 2 is 2.64 bits per heavy atom. The van der Waals surface area contributed by atoms with E-state index in [0.717, 1.165) is 24.7 Å². The molecule has 58 valence electrons. The highest BCUT2D eigenvalue weighted by Crippen LogP contribution is 2.17. The Kier molecular flexibility index (Phi) is 1.42. The van der Waals surface area contributed by atoms with E-state index in [1.54, 1.807) is 6.20 Å². The first-order chi connectivity index (χ1) is 5.42. The molecule has 1 aromatic rings. The van der Waals surface area contributed by atoms with Crippen LogP contribution < -0.4 is 0 Å². The third kappa shape index (κ3) is 0.926. The molecule has 0 radical (unpaired) electrons. The lowest BCUT2D eigenvalue weighted by molar-refractivity contribution is 0.234. The van der Waals surface area contributed by atoms with Crippen LogP contribution in [0.3, 0.4) is 0 Å². The molecule has 2 heterocycles. The number of ether oxygens (including phenoxy) is 1. The Morgan fingerprint density at radius 3 is 3.45 bits per heavy atom. The van der Waals surface area contributed by atoms with Gasteiger partial charge in [0.05, 0.1) is 6.54 Å². The standard InChI is InChI=1S/C8H10N2O/c1-2-7-8-9-3-4-10(8)5-6-11-7/h2-4H,5-6H2,1H3/b7-2+. The Morgan fingerprint density at radius 1 is 1.73 bits per heavy atom. The molecule has 0 N–H and O–H groups in total. The zero-order valence-corrected chi connectivity index (χ0v) is 6.45. The van der Waals surface area contributed by atoms with Crippen LogP contribution in [0.2, 0.25) is 0 Å². The minimum Gasteiger partial charge on any atom is -0.488 e. The van der Waals surface area contributed by atoms with Gasteiger partial charge in [0.1, 0.15) is 6.61 Å². The zero-order chi connectivity index (χ0) is 7.68. The fourth-order valence-corrected chi connectivity index (χ4v) is 1.25. The molecule has 3 heteroatoms. The van der Waals surface area contributed by atoms with Crippen LogP contribution in [0.25, 0.3) is 5.76 Å². The number of nitrogens with zero attached hydrogens (tertiary/aromatic N) is 2. The highest BCUT2D eigenvalue weighted by atomic mass is 16.5. The van der Waals surface area contributed by atoms with Crippen molar-refractivity contribution in [1.82, 2.24) is 9.55 Å². The van der Waals surface area contributed by atoms with E-state index in [4.69, 9.17) is 4.74 Å². The van der Waals surface area contributed by atoms with Gasteiger partial charge in [0.2, 0.25) is 0 Å². The molecule has 0 aromatic carbocycles. The smallest absolute Gasteiger partial charge is 0.175 e. The van der Waals surface area contributed by atoms with Gasteiger partial charge in [0.15, 0.2) is 11.6 Å². The topological polar surface area (TPSA) is 27.1 Å². The molecule has 0 spiro atoms. The molecule has 2 rings (SSSR count). The first-order valence-electron chi connectivity index (χ1n) is 3.72. The molecule has 0 amide bonds. The minimum atomic E-state index is 0.753. The second-order valence-electron chi connectivity index (χ2n) is 2.45. The van der Waals surface area contributed by atoms with Crippen LogP contribution >= 0.6 is 0 Å². The SMILES string of the molecule is C/C=C1/OCCn2ccnc21. The van der Waals surface area contributed by atoms with Crippen molar-refractivity contribution >= 4 is 5.76 Å². The van der Waals surface area contributed by atoms with Crippen LogP contribution in [0.4, 0.5) is 0 Å². The summed E-state index contributed by atoms with van der Waals surface area (Å²) in [6.07, 6.45) is 5.72. The van der Waals surface area contributed by atoms with E-state index in [1.807, 2.05) is 19.2 Å². The summed E-state index contributed by atoms with van der Waals surface area (Å²) in [5, 5.41) is 0. The molecule has 3 nitrogen and oxygen atoms in total. The average Bonchev–Trinajstić information content (AvgIpc) is 2.50. The zero-order valence-electron chi connectivity index (χ0n) is 6.45. The van der Waals surface area contributed by atoms with Crippen LogP contribution in [-0.4, -0.2) is 16.2 Å². The van der Waals surface area contributed by atoms with E-state index in [-0.39, 0.29) is 0 Å². The van der Waals surface area contributed by atoms with Gasteiger partial charge < -0.3 is 9.30 Å². The van der Waals surface area contributed by atoms with Gasteiger partial charge in [-0.15, -0.1) is 0 Å². The monoisotopic (exact) mass is 150 g/mol. The molecule has 0 atom stereocenters. The summed E-state index contributed by atoms with van der Waals surface area (Å²) >= 11 is 0. The van der Waals surface area contributed by atoms with Crippen molar-refractivity contribution in [2.75, 3.05) is 6.61 Å². The van der Waals surface area contributed by atoms with E-state index in [1.165, 1.54) is 0 Å². The third-order valence-corrected chi connectivity index (χ3v) is 1.79. The van der Waals surface area contributed by atoms with Gasteiger partial charge in [-0.2, -0.15) is 0 Å².